The van der Waals surface area contributed by atoms with Crippen LogP contribution in [0.4, 0.5) is 0 Å². The minimum Gasteiger partial charge on any atom is -0.462 e. The Morgan fingerprint density at radius 1 is 0.279 bits per heavy atom. The number of phosphoric acid groups is 2. The summed E-state index contributed by atoms with van der Waals surface area (Å²) in [6.07, 6.45) is 86.9. The second kappa shape index (κ2) is 76.1. The van der Waals surface area contributed by atoms with Gasteiger partial charge in [-0.05, 0) is 161 Å². The Balaban J connectivity index is 5.42. The third kappa shape index (κ3) is 75.2. The molecule has 0 radical (unpaired) electrons. The molecule has 0 aromatic rings. The summed E-state index contributed by atoms with van der Waals surface area (Å²) in [4.78, 5) is 73.0. The van der Waals surface area contributed by atoms with Crippen LogP contribution in [0.1, 0.15) is 310 Å². The van der Waals surface area contributed by atoms with Crippen LogP contribution in [-0.2, 0) is 65.4 Å². The number of aliphatic hydroxyl groups excluding tert-OH is 1. The van der Waals surface area contributed by atoms with Crippen molar-refractivity contribution in [2.24, 2.45) is 0 Å². The lowest BCUT2D eigenvalue weighted by atomic mass is 10.1. The van der Waals surface area contributed by atoms with E-state index >= 15 is 0 Å². The Labute approximate surface area is 630 Å². The zero-order valence-electron chi connectivity index (χ0n) is 64.9. The molecule has 3 N–H and O–H groups in total. The first-order valence-corrected chi connectivity index (χ1v) is 43.1. The first kappa shape index (κ1) is 98.9. The Hall–Kier alpha value is -5.06. The average molecular weight is 1500 g/mol. The average Bonchev–Trinajstić information content (AvgIpc) is 0.939. The van der Waals surface area contributed by atoms with Gasteiger partial charge >= 0.3 is 39.5 Å². The predicted molar refractivity (Wildman–Crippen MR) is 427 cm³/mol. The van der Waals surface area contributed by atoms with E-state index in [4.69, 9.17) is 37.0 Å². The van der Waals surface area contributed by atoms with Crippen molar-refractivity contribution >= 4 is 39.5 Å². The van der Waals surface area contributed by atoms with Crippen LogP contribution in [0.5, 0.6) is 0 Å². The highest BCUT2D eigenvalue weighted by molar-refractivity contribution is 7.47. The van der Waals surface area contributed by atoms with Crippen LogP contribution in [-0.4, -0.2) is 96.7 Å². The standard InChI is InChI=1S/C85H142O17P2/c1-5-9-13-17-21-25-29-33-36-38-39-41-44-47-50-54-58-62-66-70-83(88)95-75-80(101-84(89)71-67-63-59-55-51-45-32-28-24-20-16-12-8-4)77-99-103(91,92)97-73-79(86)74-98-104(93,94)100-78-81(102-85(90)72-68-64-60-56-52-48-42-35-31-27-23-19-15-11-7-3)76-96-82(87)69-65-61-57-53-49-46-43-40-37-34-30-26-22-18-14-10-6-2/h9-10,13-14,21-23,25-28,32-37,39,41-43,46,53,57,79-81,86H,5-8,11-12,15-20,24,29-31,38,40,44-45,47-52,54-56,58-78H2,1-4H3,(H,91,92)(H,93,94)/b13-9-,14-10-,25-21-,26-22-,27-23-,32-28-,36-33-,37-34-,41-39-,42-35-,46-43-,57-53-. The van der Waals surface area contributed by atoms with Gasteiger partial charge in [0.15, 0.2) is 12.2 Å². The van der Waals surface area contributed by atoms with Crippen LogP contribution < -0.4 is 0 Å². The van der Waals surface area contributed by atoms with Gasteiger partial charge in [0.25, 0.3) is 0 Å². The molecule has 19 heteroatoms. The minimum absolute atomic E-state index is 0.0628. The zero-order chi connectivity index (χ0) is 76.0. The van der Waals surface area contributed by atoms with Crippen LogP contribution in [0, 0.1) is 0 Å². The van der Waals surface area contributed by atoms with E-state index in [0.29, 0.717) is 32.1 Å². The van der Waals surface area contributed by atoms with E-state index in [1.165, 1.54) is 44.9 Å². The van der Waals surface area contributed by atoms with Gasteiger partial charge < -0.3 is 33.8 Å². The van der Waals surface area contributed by atoms with Gasteiger partial charge in [0.1, 0.15) is 19.3 Å². The highest BCUT2D eigenvalue weighted by Crippen LogP contribution is 2.45. The number of carbonyl (C=O) groups excluding carboxylic acids is 4. The first-order chi connectivity index (χ1) is 50.7. The van der Waals surface area contributed by atoms with Crippen molar-refractivity contribution in [3.8, 4) is 0 Å². The summed E-state index contributed by atoms with van der Waals surface area (Å²) in [6.45, 7) is 4.50. The molecular weight excluding hydrogens is 1350 g/mol. The van der Waals surface area contributed by atoms with Gasteiger partial charge in [-0.25, -0.2) is 9.13 Å². The summed E-state index contributed by atoms with van der Waals surface area (Å²) in [5.41, 5.74) is 0. The number of phosphoric ester groups is 2. The molecule has 0 aliphatic rings. The van der Waals surface area contributed by atoms with Crippen LogP contribution in [0.2, 0.25) is 0 Å². The molecule has 0 aliphatic carbocycles. The number of esters is 4. The smallest absolute Gasteiger partial charge is 0.462 e. The molecule has 5 atom stereocenters. The second-order valence-corrected chi connectivity index (χ2v) is 29.1. The largest absolute Gasteiger partial charge is 0.472 e. The van der Waals surface area contributed by atoms with Gasteiger partial charge in [-0.3, -0.25) is 37.3 Å². The quantitative estimate of drug-likeness (QED) is 0.0169. The highest BCUT2D eigenvalue weighted by atomic mass is 31.2. The number of rotatable bonds is 74. The number of hydrogen-bond donors (Lipinski definition) is 3. The number of allylic oxidation sites excluding steroid dienone is 24. The monoisotopic (exact) mass is 1500 g/mol. The zero-order valence-corrected chi connectivity index (χ0v) is 66.7. The summed E-state index contributed by atoms with van der Waals surface area (Å²) in [6, 6.07) is 0. The molecular formula is C85H142O17P2. The van der Waals surface area contributed by atoms with Crippen molar-refractivity contribution in [1.29, 1.82) is 0 Å². The van der Waals surface area contributed by atoms with Crippen LogP contribution in [0.25, 0.3) is 0 Å². The molecule has 0 saturated carbocycles. The van der Waals surface area contributed by atoms with E-state index in [0.717, 1.165) is 180 Å². The maximum Gasteiger partial charge on any atom is 0.472 e. The molecule has 0 saturated heterocycles. The Morgan fingerprint density at radius 3 is 0.837 bits per heavy atom. The molecule has 0 amide bonds. The van der Waals surface area contributed by atoms with E-state index in [9.17, 15) is 43.2 Å². The van der Waals surface area contributed by atoms with Crippen molar-refractivity contribution in [1.82, 2.24) is 0 Å². The fourth-order valence-electron chi connectivity index (χ4n) is 10.2. The first-order valence-electron chi connectivity index (χ1n) is 40.1. The van der Waals surface area contributed by atoms with Crippen molar-refractivity contribution in [2.75, 3.05) is 39.6 Å². The van der Waals surface area contributed by atoms with Crippen LogP contribution in [0.15, 0.2) is 146 Å². The van der Waals surface area contributed by atoms with Crippen molar-refractivity contribution in [3.63, 3.8) is 0 Å². The van der Waals surface area contributed by atoms with Gasteiger partial charge in [0, 0.05) is 25.7 Å². The second-order valence-electron chi connectivity index (χ2n) is 26.2. The molecule has 5 unspecified atom stereocenters. The van der Waals surface area contributed by atoms with E-state index in [2.05, 4.69) is 161 Å². The number of ether oxygens (including phenoxy) is 4. The molecule has 0 aromatic heterocycles. The van der Waals surface area contributed by atoms with Gasteiger partial charge in [-0.1, -0.05) is 270 Å². The van der Waals surface area contributed by atoms with Gasteiger partial charge in [0.2, 0.25) is 0 Å². The molecule has 104 heavy (non-hydrogen) atoms. The fourth-order valence-corrected chi connectivity index (χ4v) is 11.8. The van der Waals surface area contributed by atoms with Crippen molar-refractivity contribution in [3.05, 3.63) is 146 Å². The van der Waals surface area contributed by atoms with Crippen molar-refractivity contribution < 1.29 is 80.2 Å². The summed E-state index contributed by atoms with van der Waals surface area (Å²) in [7, 11) is -9.99. The molecule has 0 aromatic carbocycles. The number of unbranched alkanes of at least 4 members (excludes halogenated alkanes) is 24. The molecule has 0 aliphatic heterocycles. The summed E-state index contributed by atoms with van der Waals surface area (Å²) >= 11 is 0. The van der Waals surface area contributed by atoms with E-state index in [-0.39, 0.29) is 25.7 Å². The maximum absolute atomic E-state index is 13.1. The van der Waals surface area contributed by atoms with Crippen LogP contribution in [0.3, 0.4) is 0 Å². The highest BCUT2D eigenvalue weighted by Gasteiger charge is 2.30. The van der Waals surface area contributed by atoms with E-state index in [1.807, 2.05) is 12.2 Å². The maximum atomic E-state index is 13.1. The molecule has 594 valence electrons. The Morgan fingerprint density at radius 2 is 0.510 bits per heavy atom. The van der Waals surface area contributed by atoms with Crippen molar-refractivity contribution in [2.45, 2.75) is 329 Å². The fraction of sp³-hybridized carbons (Fsp3) is 0.671. The summed E-state index contributed by atoms with van der Waals surface area (Å²) in [5.74, 6) is -2.28. The van der Waals surface area contributed by atoms with Crippen LogP contribution >= 0.6 is 15.6 Å². The SMILES string of the molecule is CC/C=C\C/C=C\C/C=C\C/C=C\C/C=C\CCCC(=O)OCC(COP(=O)(O)OCC(O)COP(=O)(O)OCC(COC(=O)CCCCCCCC/C=C\C/C=C\C/C=C\C/C=C\CC)OC(=O)CCCCCCC/C=C\CCCCCC)OC(=O)CCCCCCC/C=C\C/C=C\CCCCC. The third-order valence-corrected chi connectivity index (χ3v) is 18.2. The summed E-state index contributed by atoms with van der Waals surface area (Å²) in [5, 5.41) is 10.6. The number of aliphatic hydroxyl groups is 1. The molecule has 0 fully saturated rings. The molecule has 0 spiro atoms. The van der Waals surface area contributed by atoms with Gasteiger partial charge in [-0.2, -0.15) is 0 Å². The molecule has 0 rings (SSSR count). The van der Waals surface area contributed by atoms with E-state index in [1.54, 1.807) is 0 Å². The van der Waals surface area contributed by atoms with Gasteiger partial charge in [-0.15, -0.1) is 0 Å². The Kier molecular flexibility index (Phi) is 72.4. The summed E-state index contributed by atoms with van der Waals surface area (Å²) < 4.78 is 68.5. The number of hydrogen-bond acceptors (Lipinski definition) is 15. The molecule has 17 nitrogen and oxygen atoms in total. The van der Waals surface area contributed by atoms with Gasteiger partial charge in [0.05, 0.1) is 26.4 Å². The minimum atomic E-state index is -5.00. The normalized spacial score (nSPS) is 14.6. The van der Waals surface area contributed by atoms with E-state index < -0.39 is 97.5 Å². The molecule has 0 bridgehead atoms. The predicted octanol–water partition coefficient (Wildman–Crippen LogP) is 23.4. The lowest BCUT2D eigenvalue weighted by Crippen LogP contribution is -2.30. The lowest BCUT2D eigenvalue weighted by Gasteiger charge is -2.21. The third-order valence-electron chi connectivity index (χ3n) is 16.3. The number of carbonyl (C=O) groups is 4. The lowest BCUT2D eigenvalue weighted by molar-refractivity contribution is -0.161. The topological polar surface area (TPSA) is 237 Å². The Bertz CT molecular complexity index is 2540. The molecule has 0 heterocycles.